The SMILES string of the molecule is CC1NC(C(=O)N2C3CC(C3)C(C)C2C)=C(c2ccccc2)S1. The van der Waals surface area contributed by atoms with Crippen LogP contribution in [0.2, 0.25) is 0 Å². The number of nitrogens with one attached hydrogen (secondary N) is 1. The van der Waals surface area contributed by atoms with Crippen molar-refractivity contribution in [2.45, 2.75) is 51.1 Å². The number of amides is 1. The molecule has 3 unspecified atom stereocenters. The summed E-state index contributed by atoms with van der Waals surface area (Å²) in [5.74, 6) is 1.63. The van der Waals surface area contributed by atoms with Crippen LogP contribution in [-0.4, -0.2) is 28.3 Å². The molecule has 3 aliphatic heterocycles. The number of fused-ring (bicyclic) bond motifs is 2. The summed E-state index contributed by atoms with van der Waals surface area (Å²) in [6.45, 7) is 6.64. The first-order chi connectivity index (χ1) is 11.1. The Kier molecular flexibility index (Phi) is 3.67. The lowest BCUT2D eigenvalue weighted by atomic mass is 9.65. The lowest BCUT2D eigenvalue weighted by Gasteiger charge is -2.56. The first-order valence-corrected chi connectivity index (χ1v) is 9.49. The predicted octanol–water partition coefficient (Wildman–Crippen LogP) is 3.68. The van der Waals surface area contributed by atoms with Gasteiger partial charge in [-0.15, -0.1) is 0 Å². The van der Waals surface area contributed by atoms with Crippen molar-refractivity contribution in [2.24, 2.45) is 11.8 Å². The lowest BCUT2D eigenvalue weighted by molar-refractivity contribution is -0.147. The van der Waals surface area contributed by atoms with Crippen LogP contribution >= 0.6 is 11.8 Å². The van der Waals surface area contributed by atoms with E-state index in [9.17, 15) is 4.79 Å². The zero-order valence-corrected chi connectivity index (χ0v) is 14.8. The van der Waals surface area contributed by atoms with Gasteiger partial charge in [-0.05, 0) is 44.1 Å². The molecule has 1 amide bonds. The Morgan fingerprint density at radius 3 is 2.57 bits per heavy atom. The first-order valence-electron chi connectivity index (χ1n) is 8.62. The van der Waals surface area contributed by atoms with Crippen LogP contribution in [0, 0.1) is 11.8 Å². The topological polar surface area (TPSA) is 32.3 Å². The number of benzene rings is 1. The van der Waals surface area contributed by atoms with Gasteiger partial charge in [0.05, 0.1) is 5.37 Å². The number of carbonyl (C=O) groups excluding carboxylic acids is 1. The molecular weight excluding hydrogens is 304 g/mol. The average Bonchev–Trinajstić information content (AvgIpc) is 2.90. The second-order valence-corrected chi connectivity index (χ2v) is 8.52. The Labute approximate surface area is 142 Å². The molecule has 5 rings (SSSR count). The molecule has 1 aromatic rings. The number of carbonyl (C=O) groups is 1. The molecule has 3 fully saturated rings. The largest absolute Gasteiger partial charge is 0.368 e. The van der Waals surface area contributed by atoms with E-state index in [0.717, 1.165) is 22.1 Å². The van der Waals surface area contributed by atoms with Gasteiger partial charge >= 0.3 is 0 Å². The quantitative estimate of drug-likeness (QED) is 0.899. The minimum absolute atomic E-state index is 0.197. The molecule has 122 valence electrons. The third kappa shape index (κ3) is 2.38. The van der Waals surface area contributed by atoms with Crippen LogP contribution in [0.25, 0.3) is 4.91 Å². The fourth-order valence-corrected chi connectivity index (χ4v) is 5.31. The van der Waals surface area contributed by atoms with Crippen molar-refractivity contribution in [1.29, 1.82) is 0 Å². The summed E-state index contributed by atoms with van der Waals surface area (Å²) >= 11 is 1.76. The van der Waals surface area contributed by atoms with E-state index in [1.54, 1.807) is 11.8 Å². The van der Waals surface area contributed by atoms with E-state index in [0.29, 0.717) is 18.0 Å². The molecule has 3 heterocycles. The van der Waals surface area contributed by atoms with Crippen LogP contribution in [0.15, 0.2) is 36.0 Å². The molecule has 4 aliphatic rings. The van der Waals surface area contributed by atoms with E-state index in [1.165, 1.54) is 12.8 Å². The summed E-state index contributed by atoms with van der Waals surface area (Å²) in [7, 11) is 0. The second-order valence-electron chi connectivity index (χ2n) is 7.17. The third-order valence-electron chi connectivity index (χ3n) is 5.84. The number of rotatable bonds is 2. The zero-order valence-electron chi connectivity index (χ0n) is 14.0. The smallest absolute Gasteiger partial charge is 0.271 e. The molecule has 23 heavy (non-hydrogen) atoms. The van der Waals surface area contributed by atoms with Gasteiger partial charge in [0.2, 0.25) is 0 Å². The molecule has 1 aliphatic carbocycles. The van der Waals surface area contributed by atoms with E-state index in [4.69, 9.17) is 0 Å². The summed E-state index contributed by atoms with van der Waals surface area (Å²) in [4.78, 5) is 16.6. The van der Waals surface area contributed by atoms with E-state index in [2.05, 4.69) is 43.1 Å². The summed E-state index contributed by atoms with van der Waals surface area (Å²) in [6.07, 6.45) is 2.38. The molecule has 1 N–H and O–H groups in total. The number of piperidine rings is 2. The lowest BCUT2D eigenvalue weighted by Crippen LogP contribution is -2.62. The summed E-state index contributed by atoms with van der Waals surface area (Å²) in [5.41, 5.74) is 1.94. The van der Waals surface area contributed by atoms with E-state index < -0.39 is 0 Å². The van der Waals surface area contributed by atoms with Gasteiger partial charge < -0.3 is 10.2 Å². The van der Waals surface area contributed by atoms with Crippen molar-refractivity contribution in [1.82, 2.24) is 10.2 Å². The van der Waals surface area contributed by atoms with Crippen molar-refractivity contribution in [3.8, 4) is 0 Å². The van der Waals surface area contributed by atoms with Gasteiger partial charge in [0.1, 0.15) is 5.70 Å². The molecule has 2 bridgehead atoms. The van der Waals surface area contributed by atoms with Crippen molar-refractivity contribution < 1.29 is 4.79 Å². The van der Waals surface area contributed by atoms with Crippen LogP contribution in [0.5, 0.6) is 0 Å². The van der Waals surface area contributed by atoms with E-state index in [1.807, 2.05) is 18.2 Å². The first kappa shape index (κ1) is 15.1. The Balaban J connectivity index is 1.68. The second kappa shape index (κ2) is 5.59. The third-order valence-corrected chi connectivity index (χ3v) is 6.99. The van der Waals surface area contributed by atoms with Crippen LogP contribution in [0.4, 0.5) is 0 Å². The Morgan fingerprint density at radius 1 is 1.17 bits per heavy atom. The van der Waals surface area contributed by atoms with Crippen molar-refractivity contribution in [3.63, 3.8) is 0 Å². The highest BCUT2D eigenvalue weighted by molar-refractivity contribution is 8.09. The van der Waals surface area contributed by atoms with Crippen LogP contribution < -0.4 is 5.32 Å². The van der Waals surface area contributed by atoms with Gasteiger partial charge in [0.25, 0.3) is 5.91 Å². The van der Waals surface area contributed by atoms with Gasteiger partial charge in [-0.2, -0.15) is 0 Å². The number of hydrogen-bond acceptors (Lipinski definition) is 3. The Hall–Kier alpha value is -1.42. The summed E-state index contributed by atoms with van der Waals surface area (Å²) in [5, 5.41) is 3.67. The van der Waals surface area contributed by atoms with E-state index >= 15 is 0 Å². The maximum absolute atomic E-state index is 13.3. The normalized spacial score (nSPS) is 35.8. The van der Waals surface area contributed by atoms with Gasteiger partial charge in [-0.3, -0.25) is 4.79 Å². The summed E-state index contributed by atoms with van der Waals surface area (Å²) in [6, 6.07) is 11.1. The van der Waals surface area contributed by atoms with Gasteiger partial charge in [-0.25, -0.2) is 0 Å². The van der Waals surface area contributed by atoms with Crippen molar-refractivity contribution in [2.75, 3.05) is 0 Å². The highest BCUT2D eigenvalue weighted by Crippen LogP contribution is 2.48. The molecule has 0 radical (unpaired) electrons. The maximum atomic E-state index is 13.3. The fraction of sp³-hybridized carbons (Fsp3) is 0.526. The number of hydrogen-bond donors (Lipinski definition) is 1. The molecule has 0 spiro atoms. The van der Waals surface area contributed by atoms with Crippen molar-refractivity contribution >= 4 is 22.6 Å². The number of nitrogens with zero attached hydrogens (tertiary/aromatic N) is 1. The molecule has 2 saturated heterocycles. The molecule has 0 aromatic heterocycles. The standard InChI is InChI=1S/C19H24N2OS/c1-11-12(2)21(16-9-15(11)10-16)19(22)17-18(23-13(3)20-17)14-7-5-4-6-8-14/h4-8,11-13,15-16,20H,9-10H2,1-3H3. The van der Waals surface area contributed by atoms with Crippen molar-refractivity contribution in [3.05, 3.63) is 41.6 Å². The maximum Gasteiger partial charge on any atom is 0.271 e. The molecular formula is C19H24N2OS. The van der Waals surface area contributed by atoms with Gasteiger partial charge in [0.15, 0.2) is 0 Å². The molecule has 4 heteroatoms. The molecule has 1 saturated carbocycles. The average molecular weight is 328 g/mol. The van der Waals surface area contributed by atoms with E-state index in [-0.39, 0.29) is 11.3 Å². The predicted molar refractivity (Wildman–Crippen MR) is 95.5 cm³/mol. The minimum atomic E-state index is 0.197. The minimum Gasteiger partial charge on any atom is -0.368 e. The highest BCUT2D eigenvalue weighted by Gasteiger charge is 2.49. The Morgan fingerprint density at radius 2 is 1.87 bits per heavy atom. The van der Waals surface area contributed by atoms with Crippen LogP contribution in [0.1, 0.15) is 39.2 Å². The Bertz CT molecular complexity index is 651. The monoisotopic (exact) mass is 328 g/mol. The zero-order chi connectivity index (χ0) is 16.1. The van der Waals surface area contributed by atoms with Crippen LogP contribution in [0.3, 0.4) is 0 Å². The number of thioether (sulfide) groups is 1. The van der Waals surface area contributed by atoms with Gasteiger partial charge in [0, 0.05) is 17.0 Å². The van der Waals surface area contributed by atoms with Crippen LogP contribution in [-0.2, 0) is 4.79 Å². The van der Waals surface area contributed by atoms with Gasteiger partial charge in [-0.1, -0.05) is 49.0 Å². The molecule has 3 nitrogen and oxygen atoms in total. The summed E-state index contributed by atoms with van der Waals surface area (Å²) < 4.78 is 0. The molecule has 3 atom stereocenters. The highest BCUT2D eigenvalue weighted by atomic mass is 32.2. The molecule has 1 aromatic carbocycles. The fourth-order valence-electron chi connectivity index (χ4n) is 4.24.